The van der Waals surface area contributed by atoms with E-state index in [4.69, 9.17) is 4.42 Å². The molecule has 1 atom stereocenters. The normalized spacial score (nSPS) is 12.5. The number of benzene rings is 1. The number of aryl methyl sites for hydroxylation is 1. The maximum Gasteiger partial charge on any atom is 0.207 e. The van der Waals surface area contributed by atoms with Gasteiger partial charge in [-0.3, -0.25) is 0 Å². The number of hydrogen-bond donors (Lipinski definition) is 0. The van der Waals surface area contributed by atoms with Gasteiger partial charge in [-0.25, -0.2) is 9.97 Å². The number of rotatable bonds is 5. The van der Waals surface area contributed by atoms with Crippen molar-refractivity contribution in [3.8, 4) is 10.6 Å². The minimum Gasteiger partial charge on any atom is -0.445 e. The quantitative estimate of drug-likeness (QED) is 0.620. The van der Waals surface area contributed by atoms with Gasteiger partial charge in [-0.1, -0.05) is 31.2 Å². The molecular weight excluding hydrogens is 300 g/mol. The summed E-state index contributed by atoms with van der Waals surface area (Å²) in [5, 5.41) is 1.21. The Morgan fingerprint density at radius 2 is 2.10 bits per heavy atom. The van der Waals surface area contributed by atoms with Crippen LogP contribution in [0.5, 0.6) is 0 Å². The topological polar surface area (TPSA) is 38.9 Å². The van der Waals surface area contributed by atoms with E-state index in [2.05, 4.69) is 29.9 Å². The van der Waals surface area contributed by atoms with Gasteiger partial charge in [0.1, 0.15) is 10.8 Å². The molecule has 0 saturated heterocycles. The number of nitrogens with zero attached hydrogens (tertiary/aromatic N) is 2. The van der Waals surface area contributed by atoms with E-state index in [1.54, 1.807) is 23.1 Å². The summed E-state index contributed by atoms with van der Waals surface area (Å²) in [6, 6.07) is 10.9. The smallest absolute Gasteiger partial charge is 0.207 e. The van der Waals surface area contributed by atoms with Crippen LogP contribution >= 0.6 is 23.1 Å². The highest BCUT2D eigenvalue weighted by Gasteiger charge is 2.15. The van der Waals surface area contributed by atoms with Gasteiger partial charge in [0.15, 0.2) is 0 Å². The molecule has 2 aromatic heterocycles. The molecule has 0 aliphatic heterocycles. The van der Waals surface area contributed by atoms with Crippen molar-refractivity contribution in [3.05, 3.63) is 54.4 Å². The number of hydrogen-bond acceptors (Lipinski definition) is 5. The van der Waals surface area contributed by atoms with E-state index in [1.807, 2.05) is 36.7 Å². The number of oxazole rings is 1. The number of aromatic nitrogens is 2. The van der Waals surface area contributed by atoms with Gasteiger partial charge in [-0.15, -0.1) is 23.1 Å². The molecule has 0 amide bonds. The zero-order chi connectivity index (χ0) is 14.7. The molecule has 0 aliphatic rings. The maximum atomic E-state index is 5.71. The lowest BCUT2D eigenvalue weighted by Gasteiger charge is -2.04. The summed E-state index contributed by atoms with van der Waals surface area (Å²) in [6.45, 7) is 4.17. The Balaban J connectivity index is 1.72. The van der Waals surface area contributed by atoms with Crippen molar-refractivity contribution in [2.24, 2.45) is 0 Å². The van der Waals surface area contributed by atoms with Crippen molar-refractivity contribution in [2.45, 2.75) is 29.7 Å². The van der Waals surface area contributed by atoms with Crippen molar-refractivity contribution in [1.82, 2.24) is 9.97 Å². The predicted octanol–water partition coefficient (Wildman–Crippen LogP) is 5.01. The van der Waals surface area contributed by atoms with Crippen LogP contribution in [0.1, 0.15) is 30.7 Å². The molecule has 1 unspecified atom stereocenters. The highest BCUT2D eigenvalue weighted by molar-refractivity contribution is 8.01. The third-order valence-electron chi connectivity index (χ3n) is 3.01. The molecule has 0 N–H and O–H groups in total. The lowest BCUT2D eigenvalue weighted by molar-refractivity contribution is 0.461. The Bertz CT molecular complexity index is 706. The van der Waals surface area contributed by atoms with Gasteiger partial charge >= 0.3 is 0 Å². The number of thiazole rings is 1. The van der Waals surface area contributed by atoms with Crippen molar-refractivity contribution in [3.63, 3.8) is 0 Å². The molecule has 3 rings (SSSR count). The maximum absolute atomic E-state index is 5.71. The van der Waals surface area contributed by atoms with Crippen LogP contribution in [-0.4, -0.2) is 9.97 Å². The summed E-state index contributed by atoms with van der Waals surface area (Å²) >= 11 is 3.42. The van der Waals surface area contributed by atoms with E-state index in [9.17, 15) is 0 Å². The van der Waals surface area contributed by atoms with Crippen molar-refractivity contribution in [1.29, 1.82) is 0 Å². The third kappa shape index (κ3) is 3.36. The second-order valence-electron chi connectivity index (χ2n) is 4.55. The lowest BCUT2D eigenvalue weighted by atomic mass is 10.2. The summed E-state index contributed by atoms with van der Waals surface area (Å²) in [6.07, 6.45) is 4.60. The first-order chi connectivity index (χ1) is 10.3. The van der Waals surface area contributed by atoms with E-state index in [1.165, 1.54) is 4.21 Å². The standard InChI is InChI=1S/C16H15N2OS2/c1-3-13-9-17-15(19-13)11(2)20-14-10-18-16(21-14)12-7-5-4-6-8-12/h5-11H,3H2,1-2H3. The number of thioether (sulfide) groups is 1. The highest BCUT2D eigenvalue weighted by Crippen LogP contribution is 2.39. The fourth-order valence-corrected chi connectivity index (χ4v) is 4.06. The average molecular weight is 315 g/mol. The van der Waals surface area contributed by atoms with E-state index in [0.29, 0.717) is 0 Å². The van der Waals surface area contributed by atoms with Crippen LogP contribution in [0.2, 0.25) is 0 Å². The zero-order valence-electron chi connectivity index (χ0n) is 11.9. The second-order valence-corrected chi connectivity index (χ2v) is 7.22. The molecule has 21 heavy (non-hydrogen) atoms. The van der Waals surface area contributed by atoms with Gasteiger partial charge in [0.25, 0.3) is 0 Å². The molecular formula is C16H15N2OS2. The minimum atomic E-state index is 0.183. The van der Waals surface area contributed by atoms with E-state index in [0.717, 1.165) is 28.6 Å². The van der Waals surface area contributed by atoms with Crippen LogP contribution in [0.4, 0.5) is 0 Å². The Kier molecular flexibility index (Phi) is 4.41. The molecule has 0 fully saturated rings. The molecule has 2 heterocycles. The van der Waals surface area contributed by atoms with Gasteiger partial charge < -0.3 is 4.42 Å². The Labute approximate surface area is 132 Å². The Morgan fingerprint density at radius 3 is 2.81 bits per heavy atom. The highest BCUT2D eigenvalue weighted by atomic mass is 32.2. The molecule has 3 aromatic rings. The Hall–Kier alpha value is -1.59. The first-order valence-electron chi connectivity index (χ1n) is 6.80. The Morgan fingerprint density at radius 1 is 1.29 bits per heavy atom. The van der Waals surface area contributed by atoms with Gasteiger partial charge in [0.05, 0.1) is 21.9 Å². The summed E-state index contributed by atoms with van der Waals surface area (Å²) < 4.78 is 6.87. The summed E-state index contributed by atoms with van der Waals surface area (Å²) in [7, 11) is 0. The van der Waals surface area contributed by atoms with E-state index < -0.39 is 0 Å². The lowest BCUT2D eigenvalue weighted by Crippen LogP contribution is -1.86. The summed E-state index contributed by atoms with van der Waals surface area (Å²) in [5.74, 6) is 1.71. The van der Waals surface area contributed by atoms with Crippen LogP contribution in [0.15, 0.2) is 45.3 Å². The van der Waals surface area contributed by atoms with Crippen LogP contribution < -0.4 is 0 Å². The van der Waals surface area contributed by atoms with Gasteiger partial charge in [-0.2, -0.15) is 0 Å². The molecule has 107 valence electrons. The largest absolute Gasteiger partial charge is 0.445 e. The first-order valence-corrected chi connectivity index (χ1v) is 8.49. The monoisotopic (exact) mass is 315 g/mol. The fraction of sp³-hybridized carbons (Fsp3) is 0.250. The SMILES string of the molecule is CCc1cnc(C(C)Sc2cnc(-c3cc[c]cc3)s2)o1. The van der Waals surface area contributed by atoms with Gasteiger partial charge in [0.2, 0.25) is 5.89 Å². The van der Waals surface area contributed by atoms with Crippen LogP contribution in [0.3, 0.4) is 0 Å². The molecule has 5 heteroatoms. The molecule has 3 nitrogen and oxygen atoms in total. The molecule has 0 bridgehead atoms. The van der Waals surface area contributed by atoms with E-state index >= 15 is 0 Å². The molecule has 0 spiro atoms. The molecule has 1 radical (unpaired) electrons. The predicted molar refractivity (Wildman–Crippen MR) is 86.5 cm³/mol. The summed E-state index contributed by atoms with van der Waals surface area (Å²) in [4.78, 5) is 8.83. The third-order valence-corrected chi connectivity index (χ3v) is 5.28. The molecule has 1 aromatic carbocycles. The van der Waals surface area contributed by atoms with Crippen molar-refractivity contribution >= 4 is 23.1 Å². The molecule has 0 saturated carbocycles. The van der Waals surface area contributed by atoms with E-state index in [-0.39, 0.29) is 5.25 Å². The van der Waals surface area contributed by atoms with Crippen LogP contribution in [0.25, 0.3) is 10.6 Å². The van der Waals surface area contributed by atoms with Gasteiger partial charge in [-0.05, 0) is 13.0 Å². The average Bonchev–Trinajstić information content (AvgIpc) is 3.17. The minimum absolute atomic E-state index is 0.183. The van der Waals surface area contributed by atoms with Crippen molar-refractivity contribution in [2.75, 3.05) is 0 Å². The summed E-state index contributed by atoms with van der Waals surface area (Å²) in [5.41, 5.74) is 1.13. The van der Waals surface area contributed by atoms with Gasteiger partial charge in [0, 0.05) is 12.0 Å². The first kappa shape index (κ1) is 14.4. The zero-order valence-corrected chi connectivity index (χ0v) is 13.5. The van der Waals surface area contributed by atoms with Crippen LogP contribution in [-0.2, 0) is 6.42 Å². The fourth-order valence-electron chi connectivity index (χ4n) is 1.88. The molecule has 0 aliphatic carbocycles. The van der Waals surface area contributed by atoms with Crippen molar-refractivity contribution < 1.29 is 4.42 Å². The van der Waals surface area contributed by atoms with Crippen LogP contribution in [0, 0.1) is 6.07 Å². The second kappa shape index (κ2) is 6.45.